The summed E-state index contributed by atoms with van der Waals surface area (Å²) in [6.45, 7) is 0.647. The molecule has 0 spiro atoms. The summed E-state index contributed by atoms with van der Waals surface area (Å²) in [5.41, 5.74) is 4.72. The van der Waals surface area contributed by atoms with E-state index in [1.165, 1.54) is 0 Å². The van der Waals surface area contributed by atoms with Crippen LogP contribution in [0.4, 0.5) is 11.6 Å². The SMILES string of the molecule is CN(C)c1ncc(CNc2c(Cl)ccc3scnc23)n1C. The highest BCUT2D eigenvalue weighted by Gasteiger charge is 2.11. The average molecular weight is 322 g/mol. The smallest absolute Gasteiger partial charge is 0.204 e. The number of aromatic nitrogens is 3. The van der Waals surface area contributed by atoms with Gasteiger partial charge in [-0.25, -0.2) is 9.97 Å². The van der Waals surface area contributed by atoms with Crippen LogP contribution in [0.3, 0.4) is 0 Å². The molecule has 3 rings (SSSR count). The van der Waals surface area contributed by atoms with Crippen LogP contribution in [-0.4, -0.2) is 28.6 Å². The van der Waals surface area contributed by atoms with Gasteiger partial charge >= 0.3 is 0 Å². The molecule has 0 aliphatic rings. The van der Waals surface area contributed by atoms with Crippen LogP contribution in [0.15, 0.2) is 23.8 Å². The zero-order valence-electron chi connectivity index (χ0n) is 12.1. The molecule has 0 bridgehead atoms. The highest BCUT2D eigenvalue weighted by Crippen LogP contribution is 2.32. The second-order valence-electron chi connectivity index (χ2n) is 4.98. The first-order chi connectivity index (χ1) is 10.1. The van der Waals surface area contributed by atoms with Gasteiger partial charge in [-0.3, -0.25) is 0 Å². The maximum absolute atomic E-state index is 6.29. The molecular formula is C14H16ClN5S. The Morgan fingerprint density at radius 1 is 1.33 bits per heavy atom. The lowest BCUT2D eigenvalue weighted by Gasteiger charge is -2.13. The number of rotatable bonds is 4. The van der Waals surface area contributed by atoms with Crippen LogP contribution in [0.5, 0.6) is 0 Å². The topological polar surface area (TPSA) is 46.0 Å². The first-order valence-electron chi connectivity index (χ1n) is 6.51. The molecule has 0 fully saturated rings. The third-order valence-corrected chi connectivity index (χ3v) is 4.47. The lowest BCUT2D eigenvalue weighted by atomic mass is 10.3. The van der Waals surface area contributed by atoms with Crippen LogP contribution in [-0.2, 0) is 13.6 Å². The molecule has 0 unspecified atom stereocenters. The Balaban J connectivity index is 1.87. The monoisotopic (exact) mass is 321 g/mol. The Hall–Kier alpha value is -1.79. The van der Waals surface area contributed by atoms with E-state index in [-0.39, 0.29) is 0 Å². The number of halogens is 1. The molecule has 0 radical (unpaired) electrons. The molecule has 2 heterocycles. The van der Waals surface area contributed by atoms with Gasteiger partial charge in [0, 0.05) is 21.1 Å². The number of hydrogen-bond acceptors (Lipinski definition) is 5. The van der Waals surface area contributed by atoms with Crippen molar-refractivity contribution in [1.29, 1.82) is 0 Å². The zero-order chi connectivity index (χ0) is 15.0. The molecular weight excluding hydrogens is 306 g/mol. The fourth-order valence-corrected chi connectivity index (χ4v) is 3.17. The summed E-state index contributed by atoms with van der Waals surface area (Å²) >= 11 is 7.90. The van der Waals surface area contributed by atoms with E-state index in [4.69, 9.17) is 11.6 Å². The number of thiazole rings is 1. The van der Waals surface area contributed by atoms with E-state index in [2.05, 4.69) is 19.9 Å². The van der Waals surface area contributed by atoms with Crippen LogP contribution in [0.1, 0.15) is 5.69 Å². The molecule has 1 aromatic carbocycles. The Kier molecular flexibility index (Phi) is 3.73. The number of nitrogens with one attached hydrogen (secondary N) is 1. The molecule has 0 aliphatic carbocycles. The Labute approximate surface area is 132 Å². The van der Waals surface area contributed by atoms with E-state index in [9.17, 15) is 0 Å². The molecule has 110 valence electrons. The van der Waals surface area contributed by atoms with Gasteiger partial charge < -0.3 is 14.8 Å². The molecule has 7 heteroatoms. The molecule has 21 heavy (non-hydrogen) atoms. The molecule has 0 amide bonds. The van der Waals surface area contributed by atoms with Crippen molar-refractivity contribution >= 4 is 44.8 Å². The van der Waals surface area contributed by atoms with Crippen LogP contribution in [0.2, 0.25) is 5.02 Å². The highest BCUT2D eigenvalue weighted by molar-refractivity contribution is 7.16. The third kappa shape index (κ3) is 2.56. The van der Waals surface area contributed by atoms with E-state index in [1.54, 1.807) is 11.3 Å². The van der Waals surface area contributed by atoms with E-state index in [1.807, 2.05) is 49.9 Å². The minimum absolute atomic E-state index is 0.647. The summed E-state index contributed by atoms with van der Waals surface area (Å²) in [4.78, 5) is 10.8. The van der Waals surface area contributed by atoms with E-state index in [0.29, 0.717) is 11.6 Å². The Morgan fingerprint density at radius 3 is 2.86 bits per heavy atom. The lowest BCUT2D eigenvalue weighted by molar-refractivity contribution is 0.814. The van der Waals surface area contributed by atoms with Crippen molar-refractivity contribution < 1.29 is 0 Å². The summed E-state index contributed by atoms with van der Waals surface area (Å²) < 4.78 is 3.18. The normalized spacial score (nSPS) is 11.0. The van der Waals surface area contributed by atoms with Gasteiger partial charge in [0.25, 0.3) is 0 Å². The van der Waals surface area contributed by atoms with Crippen molar-refractivity contribution in [3.8, 4) is 0 Å². The second-order valence-corrected chi connectivity index (χ2v) is 6.27. The fourth-order valence-electron chi connectivity index (χ4n) is 2.27. The fraction of sp³-hybridized carbons (Fsp3) is 0.286. The molecule has 3 aromatic rings. The van der Waals surface area contributed by atoms with Crippen LogP contribution < -0.4 is 10.2 Å². The van der Waals surface area contributed by atoms with Crippen LogP contribution in [0, 0.1) is 0 Å². The van der Waals surface area contributed by atoms with Crippen molar-refractivity contribution in [2.45, 2.75) is 6.54 Å². The average Bonchev–Trinajstić information content (AvgIpc) is 3.04. The molecule has 0 saturated heterocycles. The maximum atomic E-state index is 6.29. The van der Waals surface area contributed by atoms with E-state index >= 15 is 0 Å². The highest BCUT2D eigenvalue weighted by atomic mass is 35.5. The van der Waals surface area contributed by atoms with Crippen LogP contribution >= 0.6 is 22.9 Å². The van der Waals surface area contributed by atoms with Gasteiger partial charge in [-0.2, -0.15) is 0 Å². The maximum Gasteiger partial charge on any atom is 0.204 e. The summed E-state index contributed by atoms with van der Waals surface area (Å²) in [7, 11) is 5.96. The molecule has 0 aliphatic heterocycles. The van der Waals surface area contributed by atoms with E-state index < -0.39 is 0 Å². The van der Waals surface area contributed by atoms with Gasteiger partial charge in [0.05, 0.1) is 39.4 Å². The van der Waals surface area contributed by atoms with E-state index in [0.717, 1.165) is 27.5 Å². The van der Waals surface area contributed by atoms with Crippen molar-refractivity contribution in [2.24, 2.45) is 7.05 Å². The third-order valence-electron chi connectivity index (χ3n) is 3.36. The summed E-state index contributed by atoms with van der Waals surface area (Å²) in [6.07, 6.45) is 1.87. The lowest BCUT2D eigenvalue weighted by Crippen LogP contribution is -2.15. The first-order valence-corrected chi connectivity index (χ1v) is 7.77. The minimum Gasteiger partial charge on any atom is -0.376 e. The van der Waals surface area contributed by atoms with Crippen molar-refractivity contribution in [3.05, 3.63) is 34.6 Å². The van der Waals surface area contributed by atoms with Crippen molar-refractivity contribution in [1.82, 2.24) is 14.5 Å². The quantitative estimate of drug-likeness (QED) is 0.800. The van der Waals surface area contributed by atoms with Gasteiger partial charge in [-0.1, -0.05) is 11.6 Å². The predicted molar refractivity (Wildman–Crippen MR) is 89.5 cm³/mol. The molecule has 0 saturated carbocycles. The number of benzene rings is 1. The summed E-state index contributed by atoms with van der Waals surface area (Å²) in [5.74, 6) is 0.921. The van der Waals surface area contributed by atoms with Gasteiger partial charge in [0.15, 0.2) is 0 Å². The van der Waals surface area contributed by atoms with Gasteiger partial charge in [0.1, 0.15) is 5.52 Å². The van der Waals surface area contributed by atoms with Crippen LogP contribution in [0.25, 0.3) is 10.2 Å². The number of hydrogen-bond donors (Lipinski definition) is 1. The number of imidazole rings is 1. The summed E-state index contributed by atoms with van der Waals surface area (Å²) in [5, 5.41) is 4.07. The zero-order valence-corrected chi connectivity index (χ0v) is 13.7. The number of fused-ring (bicyclic) bond motifs is 1. The summed E-state index contributed by atoms with van der Waals surface area (Å²) in [6, 6.07) is 3.90. The van der Waals surface area contributed by atoms with Gasteiger partial charge in [-0.15, -0.1) is 11.3 Å². The first kappa shape index (κ1) is 14.2. The molecule has 5 nitrogen and oxygen atoms in total. The molecule has 2 aromatic heterocycles. The van der Waals surface area contributed by atoms with Crippen molar-refractivity contribution in [3.63, 3.8) is 0 Å². The molecule has 1 N–H and O–H groups in total. The Bertz CT molecular complexity index is 777. The minimum atomic E-state index is 0.647. The molecule has 0 atom stereocenters. The standard InChI is InChI=1S/C14H16ClN5S/c1-19(2)14-17-7-9(20(14)3)6-16-12-10(15)4-5-11-13(12)18-8-21-11/h4-5,7-8,16H,6H2,1-3H3. The second kappa shape index (κ2) is 5.54. The largest absolute Gasteiger partial charge is 0.376 e. The van der Waals surface area contributed by atoms with Crippen molar-refractivity contribution in [2.75, 3.05) is 24.3 Å². The Morgan fingerprint density at radius 2 is 2.14 bits per heavy atom. The van der Waals surface area contributed by atoms with Gasteiger partial charge in [-0.05, 0) is 12.1 Å². The number of nitrogens with zero attached hydrogens (tertiary/aromatic N) is 4. The van der Waals surface area contributed by atoms with Gasteiger partial charge in [0.2, 0.25) is 5.95 Å². The number of anilines is 2. The predicted octanol–water partition coefficient (Wildman–Crippen LogP) is 3.36.